The van der Waals surface area contributed by atoms with Gasteiger partial charge in [0.1, 0.15) is 34.8 Å². The molecule has 2 atom stereocenters. The highest BCUT2D eigenvalue weighted by Crippen LogP contribution is 2.36. The molecule has 0 bridgehead atoms. The molecule has 312 valence electrons. The first-order valence-electron chi connectivity index (χ1n) is 18.7. The van der Waals surface area contributed by atoms with Gasteiger partial charge in [-0.15, -0.1) is 0 Å². The van der Waals surface area contributed by atoms with Crippen molar-refractivity contribution in [1.29, 1.82) is 0 Å². The lowest BCUT2D eigenvalue weighted by Crippen LogP contribution is -2.05. The molecular weight excluding hydrogens is 889 g/mol. The molecule has 0 aliphatic rings. The molecule has 0 aliphatic carbocycles. The number of halogens is 9. The van der Waals surface area contributed by atoms with Gasteiger partial charge in [-0.1, -0.05) is 112 Å². The van der Waals surface area contributed by atoms with Crippen LogP contribution in [0.1, 0.15) is 46.9 Å². The Bertz CT molecular complexity index is 2180. The highest BCUT2D eigenvalue weighted by Gasteiger charge is 2.23. The molecule has 0 amide bonds. The van der Waals surface area contributed by atoms with Crippen molar-refractivity contribution in [2.75, 3.05) is 11.9 Å². The van der Waals surface area contributed by atoms with Gasteiger partial charge in [-0.2, -0.15) is 0 Å². The smallest absolute Gasteiger partial charge is 0.165 e. The van der Waals surface area contributed by atoms with Crippen molar-refractivity contribution in [2.24, 2.45) is 0 Å². The van der Waals surface area contributed by atoms with E-state index in [1.807, 2.05) is 6.07 Å². The van der Waals surface area contributed by atoms with Gasteiger partial charge in [0.25, 0.3) is 0 Å². The van der Waals surface area contributed by atoms with Crippen LogP contribution in [0, 0.1) is 11.6 Å². The molecule has 6 aromatic carbocycles. The molecule has 0 radical (unpaired) electrons. The van der Waals surface area contributed by atoms with Crippen LogP contribution in [-0.2, 0) is 12.8 Å². The number of aliphatic hydroxyl groups is 1. The Kier molecular flexibility index (Phi) is 17.8. The maximum absolute atomic E-state index is 15.0. The quantitative estimate of drug-likeness (QED) is 0.0776. The third kappa shape index (κ3) is 13.5. The fourth-order valence-corrected chi connectivity index (χ4v) is 6.83. The minimum Gasteiger partial charge on any atom is -0.454 e. The fourth-order valence-electron chi connectivity index (χ4n) is 6.12. The van der Waals surface area contributed by atoms with E-state index < -0.39 is 46.8 Å². The number of ether oxygens (including phenoxy) is 2. The van der Waals surface area contributed by atoms with Gasteiger partial charge in [-0.05, 0) is 108 Å². The lowest BCUT2D eigenvalue weighted by Gasteiger charge is -2.16. The van der Waals surface area contributed by atoms with Gasteiger partial charge in [-0.25, -0.2) is 26.3 Å². The van der Waals surface area contributed by atoms with E-state index in [1.54, 1.807) is 103 Å². The fraction of sp³-hybridized carbons (Fsp3) is 0.167. The molecule has 0 saturated heterocycles. The van der Waals surface area contributed by atoms with E-state index in [1.165, 1.54) is 30.3 Å². The minimum atomic E-state index is -0.985. The number of aliphatic hydroxyl groups excluding tert-OH is 1. The van der Waals surface area contributed by atoms with Crippen molar-refractivity contribution in [3.05, 3.63) is 213 Å². The second kappa shape index (κ2) is 23.1. The summed E-state index contributed by atoms with van der Waals surface area (Å²) in [7, 11) is 0. The van der Waals surface area contributed by atoms with Gasteiger partial charge in [0.2, 0.25) is 0 Å². The zero-order valence-electron chi connectivity index (χ0n) is 31.9. The van der Waals surface area contributed by atoms with Crippen LogP contribution in [0.2, 0.25) is 10.0 Å². The van der Waals surface area contributed by atoms with E-state index in [9.17, 15) is 31.4 Å². The van der Waals surface area contributed by atoms with Gasteiger partial charge < -0.3 is 14.6 Å². The van der Waals surface area contributed by atoms with Gasteiger partial charge in [0, 0.05) is 46.7 Å². The van der Waals surface area contributed by atoms with E-state index in [4.69, 9.17) is 32.7 Å². The predicted molar refractivity (Wildman–Crippen MR) is 230 cm³/mol. The van der Waals surface area contributed by atoms with Crippen molar-refractivity contribution in [3.63, 3.8) is 0 Å². The molecule has 0 aromatic heterocycles. The maximum Gasteiger partial charge on any atom is 0.165 e. The van der Waals surface area contributed by atoms with Gasteiger partial charge >= 0.3 is 0 Å². The molecule has 60 heavy (non-hydrogen) atoms. The Morgan fingerprint density at radius 3 is 1.28 bits per heavy atom. The number of hydrogen-bond acceptors (Lipinski definition) is 3. The second-order valence-corrected chi connectivity index (χ2v) is 15.1. The third-order valence-corrected chi connectivity index (χ3v) is 10.1. The molecule has 3 nitrogen and oxygen atoms in total. The molecule has 1 N–H and O–H groups in total. The van der Waals surface area contributed by atoms with Crippen molar-refractivity contribution >= 4 is 39.1 Å². The molecule has 2 unspecified atom stereocenters. The summed E-state index contributed by atoms with van der Waals surface area (Å²) in [6.45, 7) is -0.306. The summed E-state index contributed by atoms with van der Waals surface area (Å²) in [6.07, 6.45) is -0.268. The molecular formula is C48H39BrCl2F6O3. The van der Waals surface area contributed by atoms with Crippen LogP contribution >= 0.6 is 39.1 Å². The summed E-state index contributed by atoms with van der Waals surface area (Å²) >= 11 is 15.1. The van der Waals surface area contributed by atoms with Crippen molar-refractivity contribution < 1.29 is 40.9 Å². The minimum absolute atomic E-state index is 0.0205. The largest absolute Gasteiger partial charge is 0.454 e. The molecule has 0 aliphatic heterocycles. The van der Waals surface area contributed by atoms with Crippen LogP contribution in [0.3, 0.4) is 0 Å². The summed E-state index contributed by atoms with van der Waals surface area (Å²) in [5.41, 5.74) is 1.91. The molecule has 12 heteroatoms. The third-order valence-electron chi connectivity index (χ3n) is 9.14. The normalized spacial score (nSPS) is 13.0. The number of allylic oxidation sites excluding steroid dienone is 4. The number of hydrogen-bond donors (Lipinski definition) is 1. The monoisotopic (exact) mass is 926 g/mol. The van der Waals surface area contributed by atoms with Crippen LogP contribution in [0.25, 0.3) is 0 Å². The van der Waals surface area contributed by atoms with Crippen molar-refractivity contribution in [3.8, 4) is 23.0 Å². The first-order valence-corrected chi connectivity index (χ1v) is 20.6. The van der Waals surface area contributed by atoms with E-state index in [0.717, 1.165) is 6.07 Å². The average molecular weight is 929 g/mol. The summed E-state index contributed by atoms with van der Waals surface area (Å²) in [4.78, 5) is 0. The van der Waals surface area contributed by atoms with E-state index in [0.29, 0.717) is 55.5 Å². The summed E-state index contributed by atoms with van der Waals surface area (Å²) in [6, 6.07) is 38.2. The van der Waals surface area contributed by atoms with Crippen LogP contribution in [0.15, 0.2) is 169 Å². The highest BCUT2D eigenvalue weighted by molar-refractivity contribution is 9.09. The molecule has 0 heterocycles. The number of benzene rings is 6. The van der Waals surface area contributed by atoms with E-state index in [-0.39, 0.29) is 37.4 Å². The Labute approximate surface area is 363 Å². The molecule has 0 saturated carbocycles. The van der Waals surface area contributed by atoms with Gasteiger partial charge in [0.05, 0.1) is 0 Å². The van der Waals surface area contributed by atoms with Crippen LogP contribution < -0.4 is 9.47 Å². The second-order valence-electron chi connectivity index (χ2n) is 13.4. The molecule has 6 aromatic rings. The predicted octanol–water partition coefficient (Wildman–Crippen LogP) is 15.7. The first-order chi connectivity index (χ1) is 28.9. The average Bonchev–Trinajstić information content (AvgIpc) is 3.25. The van der Waals surface area contributed by atoms with Gasteiger partial charge in [-0.3, -0.25) is 0 Å². The summed E-state index contributed by atoms with van der Waals surface area (Å²) in [5.74, 6) is -5.77. The van der Waals surface area contributed by atoms with E-state index >= 15 is 0 Å². The lowest BCUT2D eigenvalue weighted by molar-refractivity contribution is 0.273. The Hall–Kier alpha value is -5.00. The number of para-hydroxylation sites is 2. The number of alkyl halides is 1. The zero-order valence-corrected chi connectivity index (χ0v) is 35.0. The molecule has 0 spiro atoms. The Morgan fingerprint density at radius 1 is 0.533 bits per heavy atom. The molecule has 0 fully saturated rings. The standard InChI is InChI=1S/C24H19BrClF3O.C24H20ClF3O2/c25-13-12-20(17-7-9-18(26)10-8-17)24(29)22(28)14-16-6-11-21(27)23(15-16)30-19-4-2-1-3-5-19;25-18-9-7-17(8-10-18)20(12-13-29)24(28)22(27)14-16-6-11-21(26)23(15-16)30-19-4-2-1-3-5-19/h1-11,15,20H,12-14H2;1-11,15,20,29H,12-14H2/b2*24-22+. The zero-order chi connectivity index (χ0) is 43.0. The van der Waals surface area contributed by atoms with Crippen LogP contribution in [-0.4, -0.2) is 17.0 Å². The maximum atomic E-state index is 15.0. The summed E-state index contributed by atoms with van der Waals surface area (Å²) < 4.78 is 98.7. The Morgan fingerprint density at radius 2 is 0.917 bits per heavy atom. The molecule has 6 rings (SSSR count). The SMILES string of the molecule is F/C(Cc1ccc(F)c(Oc2ccccc2)c1)=C(/F)C(CCBr)c1ccc(Cl)cc1.OCCC(/C(F)=C(\F)Cc1ccc(F)c(Oc2ccccc2)c1)c1ccc(Cl)cc1. The van der Waals surface area contributed by atoms with Crippen LogP contribution in [0.4, 0.5) is 26.3 Å². The number of rotatable bonds is 16. The van der Waals surface area contributed by atoms with Crippen molar-refractivity contribution in [2.45, 2.75) is 37.5 Å². The van der Waals surface area contributed by atoms with Gasteiger partial charge in [0.15, 0.2) is 23.1 Å². The topological polar surface area (TPSA) is 38.7 Å². The van der Waals surface area contributed by atoms with Crippen molar-refractivity contribution in [1.82, 2.24) is 0 Å². The summed E-state index contributed by atoms with van der Waals surface area (Å²) in [5, 5.41) is 10.8. The lowest BCUT2D eigenvalue weighted by atomic mass is 9.93. The van der Waals surface area contributed by atoms with Crippen LogP contribution in [0.5, 0.6) is 23.0 Å². The van der Waals surface area contributed by atoms with E-state index in [2.05, 4.69) is 15.9 Å². The Balaban J connectivity index is 0.000000228. The first kappa shape index (κ1) is 46.1. The highest BCUT2D eigenvalue weighted by atomic mass is 79.9.